The van der Waals surface area contributed by atoms with Crippen LogP contribution in [0.15, 0.2) is 17.4 Å². The number of pyridine rings is 1. The van der Waals surface area contributed by atoms with Crippen molar-refractivity contribution in [2.75, 3.05) is 18.0 Å². The Morgan fingerprint density at radius 3 is 2.65 bits per heavy atom. The number of anilines is 1. The van der Waals surface area contributed by atoms with Gasteiger partial charge in [0.25, 0.3) is 0 Å². The second-order valence-corrected chi connectivity index (χ2v) is 5.17. The van der Waals surface area contributed by atoms with E-state index in [-0.39, 0.29) is 17.1 Å². The average molecular weight is 279 g/mol. The fourth-order valence-electron chi connectivity index (χ4n) is 2.32. The summed E-state index contributed by atoms with van der Waals surface area (Å²) in [4.78, 5) is 16.7. The topological polar surface area (TPSA) is 118 Å². The van der Waals surface area contributed by atoms with Gasteiger partial charge in [0.15, 0.2) is 5.84 Å². The van der Waals surface area contributed by atoms with Crippen LogP contribution in [0.25, 0.3) is 0 Å². The third-order valence-corrected chi connectivity index (χ3v) is 3.74. The number of hydrogen-bond donors (Lipinski definition) is 2. The smallest absolute Gasteiger partial charge is 0.312 e. The zero-order chi connectivity index (χ0) is 14.9. The van der Waals surface area contributed by atoms with Crippen molar-refractivity contribution in [1.29, 1.82) is 0 Å². The van der Waals surface area contributed by atoms with Crippen molar-refractivity contribution < 1.29 is 10.1 Å². The molecule has 1 fully saturated rings. The zero-order valence-electron chi connectivity index (χ0n) is 11.4. The summed E-state index contributed by atoms with van der Waals surface area (Å²) in [5.74, 6) is 1.05. The molecule has 1 aromatic heterocycles. The Labute approximate surface area is 116 Å². The first kappa shape index (κ1) is 14.0. The first-order valence-electron chi connectivity index (χ1n) is 6.31. The van der Waals surface area contributed by atoms with E-state index in [2.05, 4.69) is 24.0 Å². The summed E-state index contributed by atoms with van der Waals surface area (Å²) in [5.41, 5.74) is 5.53. The minimum Gasteiger partial charge on any atom is -0.409 e. The van der Waals surface area contributed by atoms with Crippen molar-refractivity contribution in [3.8, 4) is 0 Å². The van der Waals surface area contributed by atoms with Crippen molar-refractivity contribution in [2.45, 2.75) is 13.8 Å². The molecule has 2 rings (SSSR count). The summed E-state index contributed by atoms with van der Waals surface area (Å²) in [6.45, 7) is 5.69. The molecule has 0 aromatic carbocycles. The number of nitrogens with zero attached hydrogens (tertiary/aromatic N) is 4. The minimum absolute atomic E-state index is 0.129. The highest BCUT2D eigenvalue weighted by atomic mass is 16.6. The van der Waals surface area contributed by atoms with Gasteiger partial charge in [0.2, 0.25) is 5.82 Å². The summed E-state index contributed by atoms with van der Waals surface area (Å²) in [5, 5.41) is 22.7. The van der Waals surface area contributed by atoms with E-state index in [9.17, 15) is 10.1 Å². The summed E-state index contributed by atoms with van der Waals surface area (Å²) in [7, 11) is 0. The van der Waals surface area contributed by atoms with E-state index in [4.69, 9.17) is 10.9 Å². The molecule has 0 amide bonds. The second-order valence-electron chi connectivity index (χ2n) is 5.17. The van der Waals surface area contributed by atoms with Crippen LogP contribution in [0.5, 0.6) is 0 Å². The molecule has 1 aliphatic rings. The highest BCUT2D eigenvalue weighted by Crippen LogP contribution is 2.32. The molecule has 108 valence electrons. The Hall–Kier alpha value is -2.38. The first-order chi connectivity index (χ1) is 9.43. The van der Waals surface area contributed by atoms with E-state index in [0.29, 0.717) is 17.7 Å². The lowest BCUT2D eigenvalue weighted by Gasteiger charge is -2.17. The Morgan fingerprint density at radius 2 is 2.15 bits per heavy atom. The largest absolute Gasteiger partial charge is 0.409 e. The predicted octanol–water partition coefficient (Wildman–Crippen LogP) is 1.18. The molecule has 1 aromatic rings. The van der Waals surface area contributed by atoms with Crippen LogP contribution < -0.4 is 10.6 Å². The van der Waals surface area contributed by atoms with Gasteiger partial charge in [-0.05, 0) is 11.8 Å². The van der Waals surface area contributed by atoms with Gasteiger partial charge >= 0.3 is 5.69 Å². The van der Waals surface area contributed by atoms with Gasteiger partial charge in [0.05, 0.1) is 4.92 Å². The van der Waals surface area contributed by atoms with Crippen molar-refractivity contribution in [3.63, 3.8) is 0 Å². The molecule has 0 bridgehead atoms. The maximum atomic E-state index is 11.2. The number of aromatic nitrogens is 1. The lowest BCUT2D eigenvalue weighted by Crippen LogP contribution is -2.23. The van der Waals surface area contributed by atoms with Gasteiger partial charge in [0, 0.05) is 30.9 Å². The summed E-state index contributed by atoms with van der Waals surface area (Å²) < 4.78 is 0. The van der Waals surface area contributed by atoms with Crippen molar-refractivity contribution >= 4 is 17.3 Å². The van der Waals surface area contributed by atoms with Gasteiger partial charge < -0.3 is 15.8 Å². The molecule has 20 heavy (non-hydrogen) atoms. The quantitative estimate of drug-likeness (QED) is 0.282. The SMILES string of the molecule is CC1CN(c2ncc(C(N)=NO)cc2[N+](=O)[O-])CC1C. The molecule has 3 N–H and O–H groups in total. The van der Waals surface area contributed by atoms with Gasteiger partial charge in [-0.25, -0.2) is 4.98 Å². The van der Waals surface area contributed by atoms with E-state index < -0.39 is 4.92 Å². The average Bonchev–Trinajstić information content (AvgIpc) is 2.77. The molecule has 0 saturated carbocycles. The van der Waals surface area contributed by atoms with Crippen LogP contribution in [-0.2, 0) is 0 Å². The molecule has 2 heterocycles. The maximum Gasteiger partial charge on any atom is 0.312 e. The molecule has 2 atom stereocenters. The number of rotatable bonds is 3. The number of hydrogen-bond acceptors (Lipinski definition) is 6. The first-order valence-corrected chi connectivity index (χ1v) is 6.31. The summed E-state index contributed by atoms with van der Waals surface area (Å²) in [6.07, 6.45) is 1.38. The molecule has 0 spiro atoms. The Bertz CT molecular complexity index is 550. The highest BCUT2D eigenvalue weighted by Gasteiger charge is 2.31. The molecule has 1 saturated heterocycles. The Balaban J connectivity index is 2.41. The molecule has 0 aliphatic carbocycles. The third-order valence-electron chi connectivity index (χ3n) is 3.74. The summed E-state index contributed by atoms with van der Waals surface area (Å²) >= 11 is 0. The Kier molecular flexibility index (Phi) is 3.73. The Morgan fingerprint density at radius 1 is 1.55 bits per heavy atom. The van der Waals surface area contributed by atoms with Crippen LogP contribution in [0.4, 0.5) is 11.5 Å². The van der Waals surface area contributed by atoms with Crippen LogP contribution in [-0.4, -0.2) is 34.0 Å². The highest BCUT2D eigenvalue weighted by molar-refractivity contribution is 5.97. The zero-order valence-corrected chi connectivity index (χ0v) is 11.4. The lowest BCUT2D eigenvalue weighted by atomic mass is 10.0. The summed E-state index contributed by atoms with van der Waals surface area (Å²) in [6, 6.07) is 1.28. The molecule has 1 aliphatic heterocycles. The van der Waals surface area contributed by atoms with Gasteiger partial charge in [0.1, 0.15) is 0 Å². The predicted molar refractivity (Wildman–Crippen MR) is 73.9 cm³/mol. The monoisotopic (exact) mass is 279 g/mol. The fraction of sp³-hybridized carbons (Fsp3) is 0.500. The molecular formula is C12H17N5O3. The number of amidine groups is 1. The van der Waals surface area contributed by atoms with Gasteiger partial charge in [-0.3, -0.25) is 10.1 Å². The number of oxime groups is 1. The maximum absolute atomic E-state index is 11.2. The van der Waals surface area contributed by atoms with E-state index in [1.54, 1.807) is 0 Å². The van der Waals surface area contributed by atoms with Crippen molar-refractivity contribution in [1.82, 2.24) is 4.98 Å². The van der Waals surface area contributed by atoms with E-state index in [0.717, 1.165) is 13.1 Å². The van der Waals surface area contributed by atoms with Gasteiger partial charge in [-0.1, -0.05) is 19.0 Å². The molecule has 8 heteroatoms. The standard InChI is InChI=1S/C12H17N5O3/c1-7-5-16(6-8(7)2)12-10(17(19)20)3-9(4-14-12)11(13)15-18/h3-4,7-8,18H,5-6H2,1-2H3,(H2,13,15). The van der Waals surface area contributed by atoms with Crippen molar-refractivity contribution in [3.05, 3.63) is 27.9 Å². The second kappa shape index (κ2) is 5.32. The minimum atomic E-state index is -0.496. The number of nitrogens with two attached hydrogens (primary N) is 1. The van der Waals surface area contributed by atoms with E-state index in [1.807, 2.05) is 4.90 Å². The number of nitro groups is 1. The van der Waals surface area contributed by atoms with E-state index >= 15 is 0 Å². The van der Waals surface area contributed by atoms with Gasteiger partial charge in [-0.15, -0.1) is 0 Å². The normalized spacial score (nSPS) is 23.1. The van der Waals surface area contributed by atoms with Crippen LogP contribution >= 0.6 is 0 Å². The molecular weight excluding hydrogens is 262 g/mol. The van der Waals surface area contributed by atoms with Crippen LogP contribution in [0.1, 0.15) is 19.4 Å². The third kappa shape index (κ3) is 2.49. The van der Waals surface area contributed by atoms with Crippen LogP contribution in [0, 0.1) is 22.0 Å². The van der Waals surface area contributed by atoms with Crippen LogP contribution in [0.3, 0.4) is 0 Å². The molecule has 8 nitrogen and oxygen atoms in total. The molecule has 0 radical (unpaired) electrons. The van der Waals surface area contributed by atoms with E-state index in [1.165, 1.54) is 12.3 Å². The fourth-order valence-corrected chi connectivity index (χ4v) is 2.32. The van der Waals surface area contributed by atoms with Crippen molar-refractivity contribution in [2.24, 2.45) is 22.7 Å². The molecule has 2 unspecified atom stereocenters. The van der Waals surface area contributed by atoms with Crippen LogP contribution in [0.2, 0.25) is 0 Å². The lowest BCUT2D eigenvalue weighted by molar-refractivity contribution is -0.384. The van der Waals surface area contributed by atoms with Gasteiger partial charge in [-0.2, -0.15) is 0 Å².